The summed E-state index contributed by atoms with van der Waals surface area (Å²) in [5, 5.41) is 3.48. The fourth-order valence-corrected chi connectivity index (χ4v) is 3.22. The van der Waals surface area contributed by atoms with E-state index in [0.717, 1.165) is 38.8 Å². The second kappa shape index (κ2) is 8.74. The Morgan fingerprint density at radius 3 is 2.71 bits per heavy atom. The Bertz CT molecular complexity index is 322. The molecule has 124 valence electrons. The minimum atomic E-state index is -0.458. The predicted octanol–water partition coefficient (Wildman–Crippen LogP) is 2.82. The van der Waals surface area contributed by atoms with E-state index in [2.05, 4.69) is 38.0 Å². The van der Waals surface area contributed by atoms with E-state index in [1.54, 1.807) is 0 Å². The zero-order valence-corrected chi connectivity index (χ0v) is 14.6. The number of nitrogens with one attached hydrogen (secondary N) is 1. The molecule has 0 aliphatic heterocycles. The fraction of sp³-hybridized carbons (Fsp3) is 0.941. The maximum atomic E-state index is 12.4. The lowest BCUT2D eigenvalue weighted by molar-refractivity contribution is -0.151. The van der Waals surface area contributed by atoms with Gasteiger partial charge in [-0.25, -0.2) is 0 Å². The molecule has 0 heterocycles. The normalized spacial score (nSPS) is 27.0. The van der Waals surface area contributed by atoms with Crippen molar-refractivity contribution in [1.82, 2.24) is 10.2 Å². The summed E-state index contributed by atoms with van der Waals surface area (Å²) in [5.74, 6) is 0.647. The highest BCUT2D eigenvalue weighted by Crippen LogP contribution is 2.34. The third-order valence-electron chi connectivity index (χ3n) is 4.79. The first-order valence-electron chi connectivity index (χ1n) is 8.61. The Kier molecular flexibility index (Phi) is 7.67. The predicted molar refractivity (Wildman–Crippen MR) is 87.4 cm³/mol. The standard InChI is InChI=1S/C17H34N2O2/c1-6-11-18-17(16(20)21-8-3)10-9-15(12-17)19(5)13-14(4)7-2/h14-15,18H,6-13H2,1-5H3. The van der Waals surface area contributed by atoms with Crippen LogP contribution in [0, 0.1) is 5.92 Å². The molecule has 4 nitrogen and oxygen atoms in total. The van der Waals surface area contributed by atoms with Crippen LogP contribution < -0.4 is 5.32 Å². The summed E-state index contributed by atoms with van der Waals surface area (Å²) < 4.78 is 5.34. The van der Waals surface area contributed by atoms with E-state index in [-0.39, 0.29) is 5.97 Å². The van der Waals surface area contributed by atoms with Gasteiger partial charge in [0.25, 0.3) is 0 Å². The zero-order valence-electron chi connectivity index (χ0n) is 14.6. The number of hydrogen-bond donors (Lipinski definition) is 1. The molecule has 0 saturated heterocycles. The van der Waals surface area contributed by atoms with E-state index in [4.69, 9.17) is 4.74 Å². The number of esters is 1. The number of carbonyl (C=O) groups excluding carboxylic acids is 1. The van der Waals surface area contributed by atoms with E-state index < -0.39 is 5.54 Å². The summed E-state index contributed by atoms with van der Waals surface area (Å²) in [6.45, 7) is 11.0. The first-order chi connectivity index (χ1) is 9.99. The molecular formula is C17H34N2O2. The summed E-state index contributed by atoms with van der Waals surface area (Å²) in [4.78, 5) is 14.8. The Morgan fingerprint density at radius 1 is 1.43 bits per heavy atom. The van der Waals surface area contributed by atoms with Crippen LogP contribution in [0.25, 0.3) is 0 Å². The van der Waals surface area contributed by atoms with Gasteiger partial charge in [0.05, 0.1) is 6.61 Å². The molecule has 0 radical (unpaired) electrons. The van der Waals surface area contributed by atoms with Crippen molar-refractivity contribution in [3.63, 3.8) is 0 Å². The monoisotopic (exact) mass is 298 g/mol. The Hall–Kier alpha value is -0.610. The Morgan fingerprint density at radius 2 is 2.14 bits per heavy atom. The van der Waals surface area contributed by atoms with Gasteiger partial charge in [-0.1, -0.05) is 27.2 Å². The van der Waals surface area contributed by atoms with Crippen LogP contribution >= 0.6 is 0 Å². The number of ether oxygens (including phenoxy) is 1. The second-order valence-electron chi connectivity index (χ2n) is 6.58. The van der Waals surface area contributed by atoms with Crippen LogP contribution in [0.1, 0.15) is 59.8 Å². The molecule has 1 aliphatic carbocycles. The highest BCUT2D eigenvalue weighted by atomic mass is 16.5. The molecule has 0 aromatic heterocycles. The van der Waals surface area contributed by atoms with Crippen molar-refractivity contribution in [1.29, 1.82) is 0 Å². The maximum Gasteiger partial charge on any atom is 0.326 e. The lowest BCUT2D eigenvalue weighted by Gasteiger charge is -2.31. The molecule has 21 heavy (non-hydrogen) atoms. The van der Waals surface area contributed by atoms with Crippen molar-refractivity contribution in [3.8, 4) is 0 Å². The molecule has 0 amide bonds. The van der Waals surface area contributed by atoms with Gasteiger partial charge in [-0.05, 0) is 52.1 Å². The van der Waals surface area contributed by atoms with Crippen LogP contribution in [-0.2, 0) is 9.53 Å². The van der Waals surface area contributed by atoms with E-state index >= 15 is 0 Å². The van der Waals surface area contributed by atoms with E-state index in [1.165, 1.54) is 6.42 Å². The van der Waals surface area contributed by atoms with Crippen LogP contribution in [0.2, 0.25) is 0 Å². The number of carbonyl (C=O) groups is 1. The number of rotatable bonds is 9. The third kappa shape index (κ3) is 4.96. The molecule has 0 bridgehead atoms. The molecule has 0 spiro atoms. The molecule has 4 heteroatoms. The van der Waals surface area contributed by atoms with Gasteiger partial charge in [0.15, 0.2) is 0 Å². The minimum Gasteiger partial charge on any atom is -0.465 e. The molecule has 0 aromatic carbocycles. The molecule has 1 fully saturated rings. The molecular weight excluding hydrogens is 264 g/mol. The van der Waals surface area contributed by atoms with Gasteiger partial charge < -0.3 is 15.0 Å². The quantitative estimate of drug-likeness (QED) is 0.665. The third-order valence-corrected chi connectivity index (χ3v) is 4.79. The summed E-state index contributed by atoms with van der Waals surface area (Å²) in [5.41, 5.74) is -0.458. The van der Waals surface area contributed by atoms with Crippen LogP contribution in [0.15, 0.2) is 0 Å². The average Bonchev–Trinajstić information content (AvgIpc) is 2.91. The molecule has 0 aromatic rings. The fourth-order valence-electron chi connectivity index (χ4n) is 3.22. The Labute approximate surface area is 130 Å². The first kappa shape index (κ1) is 18.4. The van der Waals surface area contributed by atoms with Crippen molar-refractivity contribution in [2.45, 2.75) is 71.4 Å². The van der Waals surface area contributed by atoms with Gasteiger partial charge >= 0.3 is 5.97 Å². The smallest absolute Gasteiger partial charge is 0.326 e. The van der Waals surface area contributed by atoms with Crippen molar-refractivity contribution in [2.24, 2.45) is 5.92 Å². The molecule has 1 N–H and O–H groups in total. The van der Waals surface area contributed by atoms with Gasteiger partial charge in [-0.3, -0.25) is 4.79 Å². The highest BCUT2D eigenvalue weighted by molar-refractivity contribution is 5.81. The summed E-state index contributed by atoms with van der Waals surface area (Å²) in [6.07, 6.45) is 5.07. The summed E-state index contributed by atoms with van der Waals surface area (Å²) in [6, 6.07) is 0.479. The van der Waals surface area contributed by atoms with Crippen molar-refractivity contribution < 1.29 is 9.53 Å². The number of nitrogens with zero attached hydrogens (tertiary/aromatic N) is 1. The van der Waals surface area contributed by atoms with Crippen molar-refractivity contribution in [2.75, 3.05) is 26.7 Å². The van der Waals surface area contributed by atoms with Crippen LogP contribution in [0.3, 0.4) is 0 Å². The van der Waals surface area contributed by atoms with E-state index in [9.17, 15) is 4.79 Å². The first-order valence-corrected chi connectivity index (χ1v) is 8.61. The van der Waals surface area contributed by atoms with Crippen LogP contribution in [-0.4, -0.2) is 49.2 Å². The summed E-state index contributed by atoms with van der Waals surface area (Å²) in [7, 11) is 2.19. The van der Waals surface area contributed by atoms with E-state index in [1.807, 2.05) is 6.92 Å². The van der Waals surface area contributed by atoms with Gasteiger partial charge in [0.2, 0.25) is 0 Å². The molecule has 1 rings (SSSR count). The van der Waals surface area contributed by atoms with Gasteiger partial charge in [-0.15, -0.1) is 0 Å². The largest absolute Gasteiger partial charge is 0.465 e. The minimum absolute atomic E-state index is 0.0575. The topological polar surface area (TPSA) is 41.6 Å². The Balaban J connectivity index is 2.68. The SMILES string of the molecule is CCCNC1(C(=O)OCC)CCC(N(C)CC(C)CC)C1. The molecule has 3 unspecified atom stereocenters. The van der Waals surface area contributed by atoms with Crippen LogP contribution in [0.4, 0.5) is 0 Å². The summed E-state index contributed by atoms with van der Waals surface area (Å²) >= 11 is 0. The zero-order chi connectivity index (χ0) is 15.9. The van der Waals surface area contributed by atoms with Crippen molar-refractivity contribution >= 4 is 5.97 Å². The number of hydrogen-bond acceptors (Lipinski definition) is 4. The molecule has 1 saturated carbocycles. The lowest BCUT2D eigenvalue weighted by Crippen LogP contribution is -2.52. The van der Waals surface area contributed by atoms with E-state index in [0.29, 0.717) is 18.6 Å². The lowest BCUT2D eigenvalue weighted by atomic mass is 9.96. The maximum absolute atomic E-state index is 12.4. The van der Waals surface area contributed by atoms with Crippen molar-refractivity contribution in [3.05, 3.63) is 0 Å². The molecule has 3 atom stereocenters. The van der Waals surface area contributed by atoms with Gasteiger partial charge in [0.1, 0.15) is 5.54 Å². The highest BCUT2D eigenvalue weighted by Gasteiger charge is 2.47. The van der Waals surface area contributed by atoms with Crippen LogP contribution in [0.5, 0.6) is 0 Å². The average molecular weight is 298 g/mol. The molecule has 1 aliphatic rings. The van der Waals surface area contributed by atoms with Gasteiger partial charge in [-0.2, -0.15) is 0 Å². The van der Waals surface area contributed by atoms with Gasteiger partial charge in [0, 0.05) is 12.6 Å². The second-order valence-corrected chi connectivity index (χ2v) is 6.58.